The number of ether oxygens (including phenoxy) is 1. The smallest absolute Gasteiger partial charge is 0.258 e. The first-order valence-corrected chi connectivity index (χ1v) is 5.94. The van der Waals surface area contributed by atoms with Crippen molar-refractivity contribution in [2.24, 2.45) is 0 Å². The zero-order valence-corrected chi connectivity index (χ0v) is 10.1. The van der Waals surface area contributed by atoms with Crippen LogP contribution in [0, 0.1) is 0 Å². The van der Waals surface area contributed by atoms with Gasteiger partial charge in [0.15, 0.2) is 6.23 Å². The van der Waals surface area contributed by atoms with Crippen LogP contribution in [0.4, 0.5) is 0 Å². The van der Waals surface area contributed by atoms with E-state index in [0.717, 1.165) is 5.56 Å². The summed E-state index contributed by atoms with van der Waals surface area (Å²) in [6.07, 6.45) is -0.468. The Hall–Kier alpha value is -2.00. The minimum atomic E-state index is -0.468. The molecule has 4 heteroatoms. The summed E-state index contributed by atoms with van der Waals surface area (Å²) >= 11 is 5.83. The van der Waals surface area contributed by atoms with Crippen molar-refractivity contribution in [3.8, 4) is 5.75 Å². The second kappa shape index (κ2) is 4.35. The van der Waals surface area contributed by atoms with E-state index in [0.29, 0.717) is 16.3 Å². The van der Waals surface area contributed by atoms with Gasteiger partial charge in [0.25, 0.3) is 5.91 Å². The second-order valence-electron chi connectivity index (χ2n) is 4.02. The highest BCUT2D eigenvalue weighted by molar-refractivity contribution is 6.30. The molecule has 1 amide bonds. The Labute approximate surface area is 109 Å². The number of benzene rings is 2. The lowest BCUT2D eigenvalue weighted by Gasteiger charge is -2.26. The van der Waals surface area contributed by atoms with Crippen LogP contribution in [0.2, 0.25) is 5.02 Å². The Bertz CT molecular complexity index is 595. The Morgan fingerprint density at radius 1 is 1.06 bits per heavy atom. The third kappa shape index (κ3) is 1.93. The minimum Gasteiger partial charge on any atom is -0.466 e. The average molecular weight is 260 g/mol. The van der Waals surface area contributed by atoms with Crippen LogP contribution < -0.4 is 10.1 Å². The molecule has 0 unspecified atom stereocenters. The van der Waals surface area contributed by atoms with Crippen molar-refractivity contribution in [2.75, 3.05) is 0 Å². The third-order valence-corrected chi connectivity index (χ3v) is 3.06. The number of carbonyl (C=O) groups excluding carboxylic acids is 1. The van der Waals surface area contributed by atoms with Gasteiger partial charge in [-0.2, -0.15) is 0 Å². The molecule has 0 aliphatic carbocycles. The largest absolute Gasteiger partial charge is 0.466 e. The van der Waals surface area contributed by atoms with Crippen molar-refractivity contribution >= 4 is 17.5 Å². The molecule has 1 N–H and O–H groups in total. The summed E-state index contributed by atoms with van der Waals surface area (Å²) in [5.41, 5.74) is 1.42. The number of carbonyl (C=O) groups is 1. The quantitative estimate of drug-likeness (QED) is 0.854. The number of nitrogens with one attached hydrogen (secondary N) is 1. The molecule has 18 heavy (non-hydrogen) atoms. The van der Waals surface area contributed by atoms with Gasteiger partial charge in [0.2, 0.25) is 0 Å². The fourth-order valence-electron chi connectivity index (χ4n) is 1.90. The second-order valence-corrected chi connectivity index (χ2v) is 4.46. The summed E-state index contributed by atoms with van der Waals surface area (Å²) in [6.45, 7) is 0. The van der Waals surface area contributed by atoms with Crippen molar-refractivity contribution in [1.82, 2.24) is 5.32 Å². The van der Waals surface area contributed by atoms with Crippen LogP contribution in [0.15, 0.2) is 48.5 Å². The fraction of sp³-hybridized carbons (Fsp3) is 0.0714. The van der Waals surface area contributed by atoms with E-state index in [-0.39, 0.29) is 5.91 Å². The van der Waals surface area contributed by atoms with Crippen LogP contribution in [0.5, 0.6) is 5.75 Å². The molecule has 0 aromatic heterocycles. The predicted molar refractivity (Wildman–Crippen MR) is 68.7 cm³/mol. The molecule has 0 saturated heterocycles. The van der Waals surface area contributed by atoms with Gasteiger partial charge >= 0.3 is 0 Å². The highest BCUT2D eigenvalue weighted by Crippen LogP contribution is 2.29. The first-order valence-electron chi connectivity index (χ1n) is 5.56. The van der Waals surface area contributed by atoms with Crippen molar-refractivity contribution in [3.63, 3.8) is 0 Å². The van der Waals surface area contributed by atoms with Gasteiger partial charge in [-0.1, -0.05) is 35.9 Å². The van der Waals surface area contributed by atoms with Gasteiger partial charge in [-0.15, -0.1) is 0 Å². The van der Waals surface area contributed by atoms with Gasteiger partial charge in [-0.3, -0.25) is 4.79 Å². The SMILES string of the molecule is O=C1N[C@@H](c2ccc(Cl)cc2)Oc2ccccc21. The number of hydrogen-bond donors (Lipinski definition) is 1. The Morgan fingerprint density at radius 2 is 1.78 bits per heavy atom. The number of amides is 1. The van der Waals surface area contributed by atoms with Crippen LogP contribution in [0.1, 0.15) is 22.1 Å². The molecule has 1 heterocycles. The van der Waals surface area contributed by atoms with E-state index in [1.54, 1.807) is 24.3 Å². The topological polar surface area (TPSA) is 38.3 Å². The van der Waals surface area contributed by atoms with E-state index in [1.807, 2.05) is 24.3 Å². The van der Waals surface area contributed by atoms with Gasteiger partial charge < -0.3 is 10.1 Å². The monoisotopic (exact) mass is 259 g/mol. The first-order chi connectivity index (χ1) is 8.74. The maximum Gasteiger partial charge on any atom is 0.258 e. The molecule has 0 fully saturated rings. The molecule has 0 spiro atoms. The van der Waals surface area contributed by atoms with E-state index in [9.17, 15) is 4.79 Å². The summed E-state index contributed by atoms with van der Waals surface area (Å²) in [5.74, 6) is 0.470. The molecular formula is C14H10ClNO2. The Balaban J connectivity index is 1.94. The standard InChI is InChI=1S/C14H10ClNO2/c15-10-7-5-9(6-8-10)14-16-13(17)11-3-1-2-4-12(11)18-14/h1-8,14H,(H,16,17)/t14-/m1/s1. The van der Waals surface area contributed by atoms with Gasteiger partial charge in [-0.05, 0) is 24.3 Å². The zero-order valence-electron chi connectivity index (χ0n) is 9.39. The summed E-state index contributed by atoms with van der Waals surface area (Å²) in [6, 6.07) is 14.4. The number of fused-ring (bicyclic) bond motifs is 1. The number of para-hydroxylation sites is 1. The molecule has 2 aromatic rings. The van der Waals surface area contributed by atoms with Gasteiger partial charge in [0, 0.05) is 10.6 Å². The lowest BCUT2D eigenvalue weighted by atomic mass is 10.1. The van der Waals surface area contributed by atoms with Gasteiger partial charge in [0.05, 0.1) is 5.56 Å². The molecule has 0 radical (unpaired) electrons. The molecule has 1 atom stereocenters. The van der Waals surface area contributed by atoms with Crippen molar-refractivity contribution < 1.29 is 9.53 Å². The lowest BCUT2D eigenvalue weighted by molar-refractivity contribution is 0.0756. The van der Waals surface area contributed by atoms with E-state index in [1.165, 1.54) is 0 Å². The number of halogens is 1. The van der Waals surface area contributed by atoms with Crippen LogP contribution in [-0.2, 0) is 0 Å². The highest BCUT2D eigenvalue weighted by Gasteiger charge is 2.25. The number of rotatable bonds is 1. The maximum atomic E-state index is 11.9. The molecule has 1 aliphatic rings. The molecule has 0 bridgehead atoms. The van der Waals surface area contributed by atoms with Crippen molar-refractivity contribution in [1.29, 1.82) is 0 Å². The lowest BCUT2D eigenvalue weighted by Crippen LogP contribution is -2.36. The van der Waals surface area contributed by atoms with Crippen LogP contribution in [0.25, 0.3) is 0 Å². The molecule has 3 nitrogen and oxygen atoms in total. The molecule has 3 rings (SSSR count). The Morgan fingerprint density at radius 3 is 2.56 bits per heavy atom. The molecule has 1 aliphatic heterocycles. The first kappa shape index (κ1) is 11.1. The summed E-state index contributed by atoms with van der Waals surface area (Å²) in [4.78, 5) is 11.9. The summed E-state index contributed by atoms with van der Waals surface area (Å²) in [7, 11) is 0. The summed E-state index contributed by atoms with van der Waals surface area (Å²) < 4.78 is 5.75. The molecular weight excluding hydrogens is 250 g/mol. The highest BCUT2D eigenvalue weighted by atomic mass is 35.5. The van der Waals surface area contributed by atoms with Gasteiger partial charge in [0.1, 0.15) is 5.75 Å². The fourth-order valence-corrected chi connectivity index (χ4v) is 2.03. The van der Waals surface area contributed by atoms with Gasteiger partial charge in [-0.25, -0.2) is 0 Å². The van der Waals surface area contributed by atoms with Crippen LogP contribution in [-0.4, -0.2) is 5.91 Å². The minimum absolute atomic E-state index is 0.128. The van der Waals surface area contributed by atoms with E-state index < -0.39 is 6.23 Å². The molecule has 2 aromatic carbocycles. The van der Waals surface area contributed by atoms with E-state index in [4.69, 9.17) is 16.3 Å². The van der Waals surface area contributed by atoms with Crippen molar-refractivity contribution in [2.45, 2.75) is 6.23 Å². The molecule has 0 saturated carbocycles. The predicted octanol–water partition coefficient (Wildman–Crippen LogP) is 3.16. The third-order valence-electron chi connectivity index (χ3n) is 2.81. The zero-order chi connectivity index (χ0) is 12.5. The normalized spacial score (nSPS) is 17.6. The maximum absolute atomic E-state index is 11.9. The number of hydrogen-bond acceptors (Lipinski definition) is 2. The average Bonchev–Trinajstić information content (AvgIpc) is 2.39. The summed E-state index contributed by atoms with van der Waals surface area (Å²) in [5, 5.41) is 3.46. The molecule has 90 valence electrons. The van der Waals surface area contributed by atoms with E-state index >= 15 is 0 Å². The van der Waals surface area contributed by atoms with Crippen molar-refractivity contribution in [3.05, 3.63) is 64.7 Å². The van der Waals surface area contributed by atoms with E-state index in [2.05, 4.69) is 5.32 Å². The van der Waals surface area contributed by atoms with Crippen LogP contribution in [0.3, 0.4) is 0 Å². The van der Waals surface area contributed by atoms with Crippen LogP contribution >= 0.6 is 11.6 Å². The Kier molecular flexibility index (Phi) is 2.68.